The van der Waals surface area contributed by atoms with Crippen molar-refractivity contribution in [3.63, 3.8) is 0 Å². The number of unbranched alkanes of at least 4 members (excludes halogenated alkanes) is 1. The molecule has 2 aromatic rings. The Hall–Kier alpha value is -1.05. The van der Waals surface area contributed by atoms with Crippen LogP contribution in [-0.4, -0.2) is 27.6 Å². The van der Waals surface area contributed by atoms with Crippen LogP contribution in [-0.2, 0) is 4.79 Å². The van der Waals surface area contributed by atoms with Crippen LogP contribution >= 0.6 is 34.9 Å². The monoisotopic (exact) mass is 367 g/mol. The van der Waals surface area contributed by atoms with Crippen LogP contribution in [0.3, 0.4) is 0 Å². The van der Waals surface area contributed by atoms with Crippen molar-refractivity contribution in [3.8, 4) is 0 Å². The van der Waals surface area contributed by atoms with Crippen molar-refractivity contribution < 1.29 is 4.79 Å². The summed E-state index contributed by atoms with van der Waals surface area (Å²) in [5, 5.41) is 11.2. The molecule has 1 aromatic heterocycles. The summed E-state index contributed by atoms with van der Waals surface area (Å²) in [6, 6.07) is 6.04. The minimum absolute atomic E-state index is 0.0182. The Morgan fingerprint density at radius 1 is 1.13 bits per heavy atom. The van der Waals surface area contributed by atoms with Gasteiger partial charge in [-0.2, -0.15) is 0 Å². The zero-order chi connectivity index (χ0) is 16.7. The molecule has 7 heteroatoms. The molecule has 0 spiro atoms. The molecule has 1 N–H and O–H groups in total. The summed E-state index contributed by atoms with van der Waals surface area (Å²) in [6.45, 7) is 6.23. The van der Waals surface area contributed by atoms with Crippen molar-refractivity contribution in [2.45, 2.75) is 42.3 Å². The molecule has 0 bridgehead atoms. The molecule has 124 valence electrons. The van der Waals surface area contributed by atoms with Crippen molar-refractivity contribution in [2.75, 3.05) is 16.8 Å². The van der Waals surface area contributed by atoms with Gasteiger partial charge < -0.3 is 5.32 Å². The van der Waals surface area contributed by atoms with Gasteiger partial charge in [-0.15, -0.1) is 10.2 Å². The number of carbonyl (C=O) groups excluding carboxylic acids is 1. The molecule has 0 atom stereocenters. The Morgan fingerprint density at radius 3 is 2.43 bits per heavy atom. The topological polar surface area (TPSA) is 54.9 Å². The number of aryl methyl sites for hydroxylation is 2. The van der Waals surface area contributed by atoms with Gasteiger partial charge in [0.2, 0.25) is 5.91 Å². The zero-order valence-electron chi connectivity index (χ0n) is 13.6. The third-order valence-corrected chi connectivity index (χ3v) is 6.22. The first-order chi connectivity index (χ1) is 11.1. The van der Waals surface area contributed by atoms with Crippen molar-refractivity contribution in [1.29, 1.82) is 0 Å². The van der Waals surface area contributed by atoms with E-state index >= 15 is 0 Å². The van der Waals surface area contributed by atoms with E-state index in [1.54, 1.807) is 23.1 Å². The molecular formula is C16H21N3OS3. The third kappa shape index (κ3) is 6.53. The summed E-state index contributed by atoms with van der Waals surface area (Å²) in [7, 11) is 0. The number of aromatic nitrogens is 2. The standard InChI is InChI=1S/C16H21N3OS3/c1-4-5-6-21-15-18-19-16(23-15)22-10-14(20)17-13-8-11(2)7-12(3)9-13/h7-9H,4-6,10H2,1-3H3,(H,17,20). The maximum absolute atomic E-state index is 12.0. The fourth-order valence-corrected chi connectivity index (χ4v) is 4.96. The van der Waals surface area contributed by atoms with E-state index in [1.165, 1.54) is 24.6 Å². The van der Waals surface area contributed by atoms with Gasteiger partial charge in [-0.25, -0.2) is 0 Å². The van der Waals surface area contributed by atoms with Gasteiger partial charge in [0.05, 0.1) is 5.75 Å². The lowest BCUT2D eigenvalue weighted by Gasteiger charge is -2.06. The van der Waals surface area contributed by atoms with Gasteiger partial charge in [0.25, 0.3) is 0 Å². The van der Waals surface area contributed by atoms with Gasteiger partial charge in [0, 0.05) is 11.4 Å². The Morgan fingerprint density at radius 2 is 1.78 bits per heavy atom. The summed E-state index contributed by atoms with van der Waals surface area (Å²) in [5.74, 6) is 1.40. The van der Waals surface area contributed by atoms with Gasteiger partial charge in [-0.1, -0.05) is 54.3 Å². The molecular weight excluding hydrogens is 346 g/mol. The first-order valence-corrected chi connectivity index (χ1v) is 10.3. The van der Waals surface area contributed by atoms with E-state index in [2.05, 4.69) is 28.5 Å². The van der Waals surface area contributed by atoms with Crippen LogP contribution in [0.25, 0.3) is 0 Å². The molecule has 0 unspecified atom stereocenters. The predicted molar refractivity (Wildman–Crippen MR) is 101 cm³/mol. The Bertz CT molecular complexity index is 638. The predicted octanol–water partition coefficient (Wildman–Crippen LogP) is 4.78. The molecule has 4 nitrogen and oxygen atoms in total. The highest BCUT2D eigenvalue weighted by Gasteiger charge is 2.09. The lowest BCUT2D eigenvalue weighted by atomic mass is 10.1. The lowest BCUT2D eigenvalue weighted by molar-refractivity contribution is -0.113. The summed E-state index contributed by atoms with van der Waals surface area (Å²) in [4.78, 5) is 12.0. The summed E-state index contributed by atoms with van der Waals surface area (Å²) < 4.78 is 1.83. The molecule has 0 radical (unpaired) electrons. The minimum atomic E-state index is -0.0182. The second-order valence-electron chi connectivity index (χ2n) is 5.25. The minimum Gasteiger partial charge on any atom is -0.325 e. The molecule has 23 heavy (non-hydrogen) atoms. The van der Waals surface area contributed by atoms with Crippen LogP contribution in [0.4, 0.5) is 5.69 Å². The van der Waals surface area contributed by atoms with Crippen molar-refractivity contribution >= 4 is 46.5 Å². The fourth-order valence-electron chi connectivity index (χ4n) is 1.99. The summed E-state index contributed by atoms with van der Waals surface area (Å²) >= 11 is 4.73. The first kappa shape index (κ1) is 18.3. The van der Waals surface area contributed by atoms with Crippen LogP contribution in [0.15, 0.2) is 26.9 Å². The van der Waals surface area contributed by atoms with E-state index in [0.717, 1.165) is 31.2 Å². The Balaban J connectivity index is 1.80. The van der Waals surface area contributed by atoms with E-state index in [9.17, 15) is 4.79 Å². The molecule has 0 fully saturated rings. The average Bonchev–Trinajstić information content (AvgIpc) is 2.92. The van der Waals surface area contributed by atoms with E-state index in [1.807, 2.05) is 26.0 Å². The number of thioether (sulfide) groups is 2. The number of carbonyl (C=O) groups is 1. The number of rotatable bonds is 8. The van der Waals surface area contributed by atoms with Gasteiger partial charge in [-0.3, -0.25) is 4.79 Å². The SMILES string of the molecule is CCCCSc1nnc(SCC(=O)Nc2cc(C)cc(C)c2)s1. The van der Waals surface area contributed by atoms with Crippen LogP contribution in [0, 0.1) is 13.8 Å². The van der Waals surface area contributed by atoms with E-state index in [4.69, 9.17) is 0 Å². The van der Waals surface area contributed by atoms with Gasteiger partial charge in [0.15, 0.2) is 8.68 Å². The maximum atomic E-state index is 12.0. The summed E-state index contributed by atoms with van der Waals surface area (Å²) in [5.41, 5.74) is 3.14. The van der Waals surface area contributed by atoms with Crippen LogP contribution in [0.1, 0.15) is 30.9 Å². The first-order valence-electron chi connectivity index (χ1n) is 7.54. The number of hydrogen-bond donors (Lipinski definition) is 1. The third-order valence-electron chi connectivity index (χ3n) is 2.94. The summed E-state index contributed by atoms with van der Waals surface area (Å²) in [6.07, 6.45) is 2.37. The number of nitrogens with zero attached hydrogens (tertiary/aromatic N) is 2. The molecule has 1 amide bonds. The van der Waals surface area contributed by atoms with Crippen molar-refractivity contribution in [1.82, 2.24) is 10.2 Å². The van der Waals surface area contributed by atoms with E-state index in [0.29, 0.717) is 5.75 Å². The highest BCUT2D eigenvalue weighted by atomic mass is 32.2. The van der Waals surface area contributed by atoms with E-state index in [-0.39, 0.29) is 5.91 Å². The smallest absolute Gasteiger partial charge is 0.234 e. The van der Waals surface area contributed by atoms with Crippen LogP contribution in [0.5, 0.6) is 0 Å². The Labute approximate surface area is 149 Å². The zero-order valence-corrected chi connectivity index (χ0v) is 16.0. The van der Waals surface area contributed by atoms with Crippen LogP contribution < -0.4 is 5.32 Å². The molecule has 0 aliphatic rings. The highest BCUT2D eigenvalue weighted by molar-refractivity contribution is 8.03. The van der Waals surface area contributed by atoms with Gasteiger partial charge in [-0.05, 0) is 43.5 Å². The molecule has 0 saturated heterocycles. The largest absolute Gasteiger partial charge is 0.325 e. The molecule has 1 heterocycles. The van der Waals surface area contributed by atoms with Gasteiger partial charge >= 0.3 is 0 Å². The fraction of sp³-hybridized carbons (Fsp3) is 0.438. The number of nitrogens with one attached hydrogen (secondary N) is 1. The number of anilines is 1. The van der Waals surface area contributed by atoms with Gasteiger partial charge in [0.1, 0.15) is 0 Å². The normalized spacial score (nSPS) is 10.7. The molecule has 0 aliphatic heterocycles. The Kier molecular flexibility index (Phi) is 7.39. The van der Waals surface area contributed by atoms with E-state index < -0.39 is 0 Å². The van der Waals surface area contributed by atoms with Crippen LogP contribution in [0.2, 0.25) is 0 Å². The number of benzene rings is 1. The second kappa shape index (κ2) is 9.30. The highest BCUT2D eigenvalue weighted by Crippen LogP contribution is 2.29. The molecule has 2 rings (SSSR count). The molecule has 1 aromatic carbocycles. The van der Waals surface area contributed by atoms with Crippen molar-refractivity contribution in [3.05, 3.63) is 29.3 Å². The molecule has 0 saturated carbocycles. The lowest BCUT2D eigenvalue weighted by Crippen LogP contribution is -2.14. The number of amides is 1. The maximum Gasteiger partial charge on any atom is 0.234 e. The average molecular weight is 368 g/mol. The number of hydrogen-bond acceptors (Lipinski definition) is 6. The molecule has 0 aliphatic carbocycles. The second-order valence-corrected chi connectivity index (χ2v) is 8.79. The van der Waals surface area contributed by atoms with Crippen molar-refractivity contribution in [2.24, 2.45) is 0 Å². The quantitative estimate of drug-likeness (QED) is 0.537.